The molecule has 0 aromatic heterocycles. The summed E-state index contributed by atoms with van der Waals surface area (Å²) in [5.41, 5.74) is 2.25. The van der Waals surface area contributed by atoms with Crippen LogP contribution in [-0.4, -0.2) is 27.3 Å². The number of benzene rings is 1. The van der Waals surface area contributed by atoms with Crippen LogP contribution in [0.25, 0.3) is 5.57 Å². The zero-order valence-electron chi connectivity index (χ0n) is 21.4. The number of methoxy groups -OCH3 is 3. The molecule has 178 valence electrons. The highest BCUT2D eigenvalue weighted by Gasteiger charge is 2.65. The summed E-state index contributed by atoms with van der Waals surface area (Å²) in [7, 11) is 4.91. The number of carbonyl (C=O) groups excluding carboxylic acids is 1. The van der Waals surface area contributed by atoms with Crippen LogP contribution in [0, 0.1) is 16.7 Å². The molecule has 1 aromatic carbocycles. The molecule has 4 nitrogen and oxygen atoms in total. The summed E-state index contributed by atoms with van der Waals surface area (Å²) in [5, 5.41) is 0. The zero-order valence-corrected chi connectivity index (χ0v) is 21.4. The first-order chi connectivity index (χ1) is 15.1. The van der Waals surface area contributed by atoms with Crippen LogP contribution in [0.15, 0.2) is 18.2 Å². The van der Waals surface area contributed by atoms with Crippen LogP contribution >= 0.6 is 0 Å². The summed E-state index contributed by atoms with van der Waals surface area (Å²) in [6.07, 6.45) is 10.2. The Balaban J connectivity index is 2.09. The van der Waals surface area contributed by atoms with Crippen LogP contribution in [0.2, 0.25) is 0 Å². The number of hydrogen-bond donors (Lipinski definition) is 0. The van der Waals surface area contributed by atoms with Gasteiger partial charge >= 0.3 is 5.97 Å². The van der Waals surface area contributed by atoms with Crippen molar-refractivity contribution in [2.24, 2.45) is 16.7 Å². The molecular formula is C28H42O4. The average molecular weight is 443 g/mol. The van der Waals surface area contributed by atoms with Crippen molar-refractivity contribution < 1.29 is 19.0 Å². The van der Waals surface area contributed by atoms with Gasteiger partial charge in [-0.15, -0.1) is 0 Å². The topological polar surface area (TPSA) is 44.8 Å². The number of unbranched alkanes of at least 4 members (excludes halogenated alkanes) is 3. The van der Waals surface area contributed by atoms with E-state index in [0.717, 1.165) is 41.9 Å². The molecule has 2 bridgehead atoms. The molecule has 0 spiro atoms. The van der Waals surface area contributed by atoms with E-state index in [1.54, 1.807) is 14.2 Å². The number of hydrogen-bond acceptors (Lipinski definition) is 4. The Morgan fingerprint density at radius 3 is 2.19 bits per heavy atom. The third-order valence-electron chi connectivity index (χ3n) is 8.43. The molecule has 0 radical (unpaired) electrons. The molecule has 0 amide bonds. The number of fused-ring (bicyclic) bond motifs is 2. The number of rotatable bonds is 10. The van der Waals surface area contributed by atoms with Crippen molar-refractivity contribution in [2.45, 2.75) is 85.0 Å². The van der Waals surface area contributed by atoms with Gasteiger partial charge in [0.15, 0.2) is 0 Å². The van der Waals surface area contributed by atoms with E-state index in [1.165, 1.54) is 38.4 Å². The molecule has 1 saturated carbocycles. The molecule has 0 unspecified atom stereocenters. The van der Waals surface area contributed by atoms with Gasteiger partial charge in [-0.2, -0.15) is 0 Å². The minimum absolute atomic E-state index is 0.00913. The molecule has 0 saturated heterocycles. The normalized spacial score (nSPS) is 23.8. The second-order valence-corrected chi connectivity index (χ2v) is 10.8. The summed E-state index contributed by atoms with van der Waals surface area (Å²) in [6, 6.07) is 4.31. The van der Waals surface area contributed by atoms with Gasteiger partial charge in [-0.1, -0.05) is 66.4 Å². The van der Waals surface area contributed by atoms with Gasteiger partial charge < -0.3 is 14.2 Å². The van der Waals surface area contributed by atoms with Gasteiger partial charge in [0, 0.05) is 0 Å². The third-order valence-corrected chi connectivity index (χ3v) is 8.43. The number of allylic oxidation sites excluding steroid dienone is 1. The molecule has 32 heavy (non-hydrogen) atoms. The third kappa shape index (κ3) is 3.74. The predicted molar refractivity (Wildman–Crippen MR) is 130 cm³/mol. The highest BCUT2D eigenvalue weighted by molar-refractivity contribution is 5.99. The largest absolute Gasteiger partial charge is 0.496 e. The molecule has 1 fully saturated rings. The fourth-order valence-electron chi connectivity index (χ4n) is 6.14. The van der Waals surface area contributed by atoms with E-state index in [1.807, 2.05) is 0 Å². The van der Waals surface area contributed by atoms with Gasteiger partial charge in [0.25, 0.3) is 0 Å². The Bertz CT molecular complexity index is 854. The van der Waals surface area contributed by atoms with Crippen LogP contribution in [0.1, 0.15) is 90.7 Å². The Morgan fingerprint density at radius 1 is 1.06 bits per heavy atom. The lowest BCUT2D eigenvalue weighted by atomic mass is 9.64. The monoisotopic (exact) mass is 442 g/mol. The summed E-state index contributed by atoms with van der Waals surface area (Å²) in [4.78, 5) is 13.2. The minimum Gasteiger partial charge on any atom is -0.496 e. The van der Waals surface area contributed by atoms with Gasteiger partial charge in [0.05, 0.1) is 32.3 Å². The Morgan fingerprint density at radius 2 is 1.69 bits per heavy atom. The maximum absolute atomic E-state index is 13.2. The van der Waals surface area contributed by atoms with E-state index in [-0.39, 0.29) is 16.8 Å². The van der Waals surface area contributed by atoms with E-state index in [4.69, 9.17) is 14.2 Å². The smallest absolute Gasteiger partial charge is 0.316 e. The summed E-state index contributed by atoms with van der Waals surface area (Å²) >= 11 is 0. The summed E-state index contributed by atoms with van der Waals surface area (Å²) < 4.78 is 17.3. The molecule has 2 aliphatic carbocycles. The average Bonchev–Trinajstić information content (AvgIpc) is 3.17. The minimum atomic E-state index is -0.676. The lowest BCUT2D eigenvalue weighted by Crippen LogP contribution is -2.41. The van der Waals surface area contributed by atoms with Crippen molar-refractivity contribution in [1.29, 1.82) is 0 Å². The number of carbonyl (C=O) groups is 1. The van der Waals surface area contributed by atoms with Crippen molar-refractivity contribution >= 4 is 11.5 Å². The quantitative estimate of drug-likeness (QED) is 0.291. The Kier molecular flexibility index (Phi) is 7.02. The fourth-order valence-corrected chi connectivity index (χ4v) is 6.14. The van der Waals surface area contributed by atoms with Crippen molar-refractivity contribution in [2.75, 3.05) is 21.3 Å². The van der Waals surface area contributed by atoms with E-state index in [2.05, 4.69) is 52.8 Å². The molecule has 0 aliphatic heterocycles. The van der Waals surface area contributed by atoms with Crippen LogP contribution < -0.4 is 9.47 Å². The highest BCUT2D eigenvalue weighted by atomic mass is 16.5. The van der Waals surface area contributed by atoms with Crippen molar-refractivity contribution in [1.82, 2.24) is 0 Å². The molecule has 2 atom stereocenters. The van der Waals surface area contributed by atoms with Gasteiger partial charge in [0.1, 0.15) is 11.5 Å². The zero-order chi connectivity index (χ0) is 23.7. The second-order valence-electron chi connectivity index (χ2n) is 10.8. The van der Waals surface area contributed by atoms with Crippen LogP contribution in [0.5, 0.6) is 11.5 Å². The summed E-state index contributed by atoms with van der Waals surface area (Å²) in [6.45, 7) is 11.2. The first-order valence-electron chi connectivity index (χ1n) is 12.2. The van der Waals surface area contributed by atoms with Gasteiger partial charge in [0.2, 0.25) is 0 Å². The Hall–Kier alpha value is -1.97. The molecule has 0 N–H and O–H groups in total. The maximum atomic E-state index is 13.2. The SMILES string of the molecule is CCCCCCC(C)(C)c1cc(OC)c(C2=C[C@H]3CC[C@@]2(C(=O)OC)C3(C)C)c(OC)c1. The van der Waals surface area contributed by atoms with Gasteiger partial charge in [-0.05, 0) is 59.3 Å². The van der Waals surface area contributed by atoms with E-state index in [9.17, 15) is 4.79 Å². The maximum Gasteiger partial charge on any atom is 0.316 e. The molecule has 1 aromatic rings. The first kappa shape index (κ1) is 24.7. The molecule has 3 rings (SSSR count). The van der Waals surface area contributed by atoms with Crippen LogP contribution in [0.4, 0.5) is 0 Å². The van der Waals surface area contributed by atoms with Gasteiger partial charge in [-0.25, -0.2) is 0 Å². The first-order valence-corrected chi connectivity index (χ1v) is 12.2. The van der Waals surface area contributed by atoms with Crippen molar-refractivity contribution in [3.63, 3.8) is 0 Å². The lowest BCUT2D eigenvalue weighted by molar-refractivity contribution is -0.153. The number of esters is 1. The second kappa shape index (κ2) is 9.11. The van der Waals surface area contributed by atoms with E-state index >= 15 is 0 Å². The predicted octanol–water partition coefficient (Wildman–Crippen LogP) is 6.94. The molecular weight excluding hydrogens is 400 g/mol. The van der Waals surface area contributed by atoms with Crippen molar-refractivity contribution in [3.8, 4) is 11.5 Å². The standard InChI is InChI=1S/C28H42O4/c1-9-10-11-12-14-26(2,3)20-17-22(30-6)24(23(18-20)31-7)21-16-19-13-15-28(21,25(29)32-8)27(19,4)5/h16-19H,9-15H2,1-8H3/t19-,28-/m1/s1. The lowest BCUT2D eigenvalue weighted by Gasteiger charge is -2.39. The molecule has 0 heterocycles. The highest BCUT2D eigenvalue weighted by Crippen LogP contribution is 2.69. The molecule has 2 aliphatic rings. The molecule has 4 heteroatoms. The number of ether oxygens (including phenoxy) is 3. The van der Waals surface area contributed by atoms with Crippen molar-refractivity contribution in [3.05, 3.63) is 29.3 Å². The summed E-state index contributed by atoms with van der Waals surface area (Å²) in [5.74, 6) is 1.73. The van der Waals surface area contributed by atoms with Crippen LogP contribution in [-0.2, 0) is 14.9 Å². The van der Waals surface area contributed by atoms with E-state index in [0.29, 0.717) is 5.92 Å². The van der Waals surface area contributed by atoms with E-state index < -0.39 is 5.41 Å². The van der Waals surface area contributed by atoms with Gasteiger partial charge in [-0.3, -0.25) is 4.79 Å². The Labute approximate surface area is 194 Å². The van der Waals surface area contributed by atoms with Crippen LogP contribution in [0.3, 0.4) is 0 Å². The fraction of sp³-hybridized carbons (Fsp3) is 0.679.